The first-order valence-electron chi connectivity index (χ1n) is 7.73. The lowest BCUT2D eigenvalue weighted by Gasteiger charge is -2.09. The van der Waals surface area contributed by atoms with Crippen LogP contribution in [-0.2, 0) is 6.54 Å². The summed E-state index contributed by atoms with van der Waals surface area (Å²) in [4.78, 5) is 23.0. The normalized spacial score (nSPS) is 10.5. The Hall–Kier alpha value is -3.33. The Kier molecular flexibility index (Phi) is 4.90. The molecule has 0 unspecified atom stereocenters. The van der Waals surface area contributed by atoms with E-state index in [9.17, 15) is 14.9 Å². The predicted octanol–water partition coefficient (Wildman–Crippen LogP) is 3.08. The molecule has 26 heavy (non-hydrogen) atoms. The summed E-state index contributed by atoms with van der Waals surface area (Å²) in [6.45, 7) is 1.66. The highest BCUT2D eigenvalue weighted by Crippen LogP contribution is 2.21. The molecular formula is C17H15N5O3S. The van der Waals surface area contributed by atoms with Crippen molar-refractivity contribution < 1.29 is 9.72 Å². The number of nitro benzene ring substituents is 1. The topological polar surface area (TPSA) is 106 Å². The van der Waals surface area contributed by atoms with E-state index < -0.39 is 10.8 Å². The number of amides is 1. The van der Waals surface area contributed by atoms with Crippen molar-refractivity contribution in [3.8, 4) is 5.69 Å². The maximum absolute atomic E-state index is 12.5. The maximum Gasteiger partial charge on any atom is 0.273 e. The molecule has 0 spiro atoms. The van der Waals surface area contributed by atoms with E-state index in [0.29, 0.717) is 16.2 Å². The Morgan fingerprint density at radius 2 is 2.00 bits per heavy atom. The number of para-hydroxylation sites is 1. The lowest BCUT2D eigenvalue weighted by atomic mass is 10.1. The van der Waals surface area contributed by atoms with Crippen molar-refractivity contribution >= 4 is 23.8 Å². The van der Waals surface area contributed by atoms with E-state index in [2.05, 4.69) is 15.5 Å². The van der Waals surface area contributed by atoms with Crippen LogP contribution in [0, 0.1) is 21.8 Å². The van der Waals surface area contributed by atoms with Crippen molar-refractivity contribution in [2.24, 2.45) is 0 Å². The number of benzene rings is 2. The van der Waals surface area contributed by atoms with Crippen molar-refractivity contribution in [3.05, 3.63) is 80.4 Å². The number of nitro groups is 1. The van der Waals surface area contributed by atoms with Gasteiger partial charge in [0.2, 0.25) is 0 Å². The molecule has 2 N–H and O–H groups in total. The fourth-order valence-electron chi connectivity index (χ4n) is 2.61. The summed E-state index contributed by atoms with van der Waals surface area (Å²) in [5, 5.41) is 20.6. The highest BCUT2D eigenvalue weighted by molar-refractivity contribution is 7.71. The second kappa shape index (κ2) is 7.28. The van der Waals surface area contributed by atoms with Gasteiger partial charge in [0, 0.05) is 22.9 Å². The average Bonchev–Trinajstić information content (AvgIpc) is 3.01. The summed E-state index contributed by atoms with van der Waals surface area (Å²) in [5.41, 5.74) is 1.29. The summed E-state index contributed by atoms with van der Waals surface area (Å²) < 4.78 is 2.13. The zero-order valence-corrected chi connectivity index (χ0v) is 14.6. The second-order valence-electron chi connectivity index (χ2n) is 5.51. The maximum atomic E-state index is 12.5. The van der Waals surface area contributed by atoms with Gasteiger partial charge in [-0.15, -0.1) is 0 Å². The highest BCUT2D eigenvalue weighted by Gasteiger charge is 2.18. The molecule has 132 valence electrons. The Balaban J connectivity index is 1.83. The number of nitrogens with zero attached hydrogens (tertiary/aromatic N) is 3. The van der Waals surface area contributed by atoms with Gasteiger partial charge in [0.15, 0.2) is 10.6 Å². The summed E-state index contributed by atoms with van der Waals surface area (Å²) >= 11 is 5.25. The third-order valence-corrected chi connectivity index (χ3v) is 4.18. The largest absolute Gasteiger partial charge is 0.345 e. The van der Waals surface area contributed by atoms with Crippen LogP contribution in [0.5, 0.6) is 0 Å². The standard InChI is InChI=1S/C17H15N5O3S/c1-11-13(8-5-9-14(11)22(24)25)16(23)18-10-15-19-20-17(26)21(15)12-6-3-2-4-7-12/h2-9H,10H2,1H3,(H,18,23)(H,20,26). The molecule has 0 bridgehead atoms. The van der Waals surface area contributed by atoms with Gasteiger partial charge in [-0.2, -0.15) is 5.10 Å². The van der Waals surface area contributed by atoms with Crippen LogP contribution in [0.4, 0.5) is 5.69 Å². The lowest BCUT2D eigenvalue weighted by molar-refractivity contribution is -0.385. The zero-order valence-electron chi connectivity index (χ0n) is 13.8. The molecule has 0 aliphatic heterocycles. The molecule has 3 aromatic rings. The third-order valence-electron chi connectivity index (χ3n) is 3.91. The minimum absolute atomic E-state index is 0.0930. The lowest BCUT2D eigenvalue weighted by Crippen LogP contribution is -2.25. The van der Waals surface area contributed by atoms with Gasteiger partial charge in [-0.1, -0.05) is 24.3 Å². The van der Waals surface area contributed by atoms with E-state index in [4.69, 9.17) is 12.2 Å². The number of hydrogen-bond donors (Lipinski definition) is 2. The number of nitrogens with one attached hydrogen (secondary N) is 2. The van der Waals surface area contributed by atoms with Gasteiger partial charge in [-0.05, 0) is 37.3 Å². The van der Waals surface area contributed by atoms with Gasteiger partial charge in [-0.3, -0.25) is 24.6 Å². The second-order valence-corrected chi connectivity index (χ2v) is 5.89. The Morgan fingerprint density at radius 1 is 1.27 bits per heavy atom. The van der Waals surface area contributed by atoms with Crippen LogP contribution in [-0.4, -0.2) is 25.6 Å². The Labute approximate surface area is 153 Å². The minimum Gasteiger partial charge on any atom is -0.345 e. The summed E-state index contributed by atoms with van der Waals surface area (Å²) in [6, 6.07) is 13.8. The van der Waals surface area contributed by atoms with Crippen LogP contribution in [0.15, 0.2) is 48.5 Å². The van der Waals surface area contributed by atoms with E-state index in [0.717, 1.165) is 5.69 Å². The van der Waals surface area contributed by atoms with E-state index in [1.807, 2.05) is 30.3 Å². The summed E-state index contributed by atoms with van der Waals surface area (Å²) in [6.07, 6.45) is 0. The molecule has 1 amide bonds. The first-order chi connectivity index (χ1) is 12.5. The van der Waals surface area contributed by atoms with E-state index in [1.165, 1.54) is 12.1 Å². The smallest absolute Gasteiger partial charge is 0.273 e. The van der Waals surface area contributed by atoms with Crippen LogP contribution >= 0.6 is 12.2 Å². The number of carbonyl (C=O) groups is 1. The molecule has 0 fully saturated rings. The van der Waals surface area contributed by atoms with E-state index >= 15 is 0 Å². The highest BCUT2D eigenvalue weighted by atomic mass is 32.1. The van der Waals surface area contributed by atoms with Gasteiger partial charge in [0.1, 0.15) is 0 Å². The van der Waals surface area contributed by atoms with E-state index in [-0.39, 0.29) is 17.8 Å². The molecule has 2 aromatic carbocycles. The molecule has 0 radical (unpaired) electrons. The van der Waals surface area contributed by atoms with Crippen molar-refractivity contribution in [1.29, 1.82) is 0 Å². The fourth-order valence-corrected chi connectivity index (χ4v) is 2.87. The van der Waals surface area contributed by atoms with Crippen LogP contribution in [0.25, 0.3) is 5.69 Å². The van der Waals surface area contributed by atoms with Gasteiger partial charge in [-0.25, -0.2) is 0 Å². The number of hydrogen-bond acceptors (Lipinski definition) is 5. The Bertz CT molecular complexity index is 1030. The molecule has 0 saturated carbocycles. The fraction of sp³-hybridized carbons (Fsp3) is 0.118. The molecule has 1 aromatic heterocycles. The number of carbonyl (C=O) groups excluding carboxylic acids is 1. The van der Waals surface area contributed by atoms with Crippen LogP contribution in [0.2, 0.25) is 0 Å². The van der Waals surface area contributed by atoms with Crippen molar-refractivity contribution in [3.63, 3.8) is 0 Å². The first-order valence-corrected chi connectivity index (χ1v) is 8.14. The predicted molar refractivity (Wildman–Crippen MR) is 97.8 cm³/mol. The number of aromatic amines is 1. The van der Waals surface area contributed by atoms with Crippen molar-refractivity contribution in [1.82, 2.24) is 20.1 Å². The van der Waals surface area contributed by atoms with Gasteiger partial charge in [0.25, 0.3) is 11.6 Å². The van der Waals surface area contributed by atoms with Gasteiger partial charge >= 0.3 is 0 Å². The van der Waals surface area contributed by atoms with Crippen LogP contribution < -0.4 is 5.32 Å². The molecule has 1 heterocycles. The molecule has 0 saturated heterocycles. The first kappa shape index (κ1) is 17.5. The van der Waals surface area contributed by atoms with E-state index in [1.54, 1.807) is 17.6 Å². The quantitative estimate of drug-likeness (QED) is 0.408. The molecule has 0 aliphatic carbocycles. The molecule has 0 aliphatic rings. The molecular weight excluding hydrogens is 354 g/mol. The zero-order chi connectivity index (χ0) is 18.7. The number of H-pyrrole nitrogens is 1. The molecule has 0 atom stereocenters. The number of aromatic nitrogens is 3. The van der Waals surface area contributed by atoms with Gasteiger partial charge < -0.3 is 5.32 Å². The summed E-state index contributed by atoms with van der Waals surface area (Å²) in [5.74, 6) is 0.109. The Morgan fingerprint density at radius 3 is 2.69 bits per heavy atom. The average molecular weight is 369 g/mol. The van der Waals surface area contributed by atoms with Crippen molar-refractivity contribution in [2.75, 3.05) is 0 Å². The van der Waals surface area contributed by atoms with Crippen LogP contribution in [0.1, 0.15) is 21.7 Å². The summed E-state index contributed by atoms with van der Waals surface area (Å²) in [7, 11) is 0. The number of rotatable bonds is 5. The minimum atomic E-state index is -0.507. The molecule has 8 nitrogen and oxygen atoms in total. The van der Waals surface area contributed by atoms with Crippen molar-refractivity contribution in [2.45, 2.75) is 13.5 Å². The monoisotopic (exact) mass is 369 g/mol. The SMILES string of the molecule is Cc1c(C(=O)NCc2n[nH]c(=S)n2-c2ccccc2)cccc1[N+](=O)[O-]. The van der Waals surface area contributed by atoms with Gasteiger partial charge in [0.05, 0.1) is 11.5 Å². The van der Waals surface area contributed by atoms with Crippen LogP contribution in [0.3, 0.4) is 0 Å². The third kappa shape index (κ3) is 3.38. The molecule has 9 heteroatoms. The molecule has 3 rings (SSSR count).